The predicted octanol–water partition coefficient (Wildman–Crippen LogP) is 3.10. The number of nitrogens with one attached hydrogen (secondary N) is 1. The fourth-order valence-electron chi connectivity index (χ4n) is 3.09. The van der Waals surface area contributed by atoms with Gasteiger partial charge in [0.05, 0.1) is 11.4 Å². The fourth-order valence-corrected chi connectivity index (χ4v) is 3.09. The highest BCUT2D eigenvalue weighted by molar-refractivity contribution is 5.98. The maximum absolute atomic E-state index is 6.28. The molecule has 0 spiro atoms. The van der Waals surface area contributed by atoms with Crippen LogP contribution in [0.3, 0.4) is 0 Å². The number of pyridine rings is 1. The molecule has 4 nitrogen and oxygen atoms in total. The quantitative estimate of drug-likeness (QED) is 0.847. The molecule has 1 aromatic carbocycles. The number of benzene rings is 1. The normalized spacial score (nSPS) is 17.8. The molecule has 2 aromatic rings. The Hall–Kier alpha value is -1.81. The van der Waals surface area contributed by atoms with Crippen LogP contribution in [0.2, 0.25) is 0 Å². The number of aromatic nitrogens is 1. The highest BCUT2D eigenvalue weighted by atomic mass is 15.2. The average molecular weight is 284 g/mol. The SMILES string of the molecule is CC(CNc1ccc2cnccc2c1N)N1CCCCC1. The molecule has 3 N–H and O–H groups in total. The maximum atomic E-state index is 6.28. The van der Waals surface area contributed by atoms with Gasteiger partial charge in [0.15, 0.2) is 0 Å². The maximum Gasteiger partial charge on any atom is 0.0630 e. The van der Waals surface area contributed by atoms with Gasteiger partial charge >= 0.3 is 0 Å². The van der Waals surface area contributed by atoms with Crippen molar-refractivity contribution in [1.82, 2.24) is 9.88 Å². The standard InChI is InChI=1S/C17H24N4/c1-13(21-9-3-2-4-10-21)11-20-16-6-5-14-12-19-8-7-15(14)17(16)18/h5-8,12-13,20H,2-4,9-11,18H2,1H3. The molecule has 1 saturated heterocycles. The van der Waals surface area contributed by atoms with E-state index in [1.54, 1.807) is 6.20 Å². The smallest absolute Gasteiger partial charge is 0.0630 e. The lowest BCUT2D eigenvalue weighted by molar-refractivity contribution is 0.180. The van der Waals surface area contributed by atoms with Crippen LogP contribution in [-0.2, 0) is 0 Å². The minimum atomic E-state index is 0.540. The molecule has 1 aromatic heterocycles. The van der Waals surface area contributed by atoms with Crippen LogP contribution in [0.5, 0.6) is 0 Å². The first-order valence-corrected chi connectivity index (χ1v) is 7.86. The molecular formula is C17H24N4. The van der Waals surface area contributed by atoms with Crippen molar-refractivity contribution in [2.24, 2.45) is 0 Å². The molecule has 2 heterocycles. The first-order chi connectivity index (χ1) is 10.3. The van der Waals surface area contributed by atoms with Crippen molar-refractivity contribution in [3.8, 4) is 0 Å². The van der Waals surface area contributed by atoms with E-state index in [9.17, 15) is 0 Å². The molecule has 112 valence electrons. The number of rotatable bonds is 4. The number of nitrogens with zero attached hydrogens (tertiary/aromatic N) is 2. The highest BCUT2D eigenvalue weighted by Gasteiger charge is 2.16. The zero-order chi connectivity index (χ0) is 14.7. The highest BCUT2D eigenvalue weighted by Crippen LogP contribution is 2.28. The van der Waals surface area contributed by atoms with E-state index in [0.29, 0.717) is 6.04 Å². The number of nitrogen functional groups attached to an aromatic ring is 1. The molecule has 0 amide bonds. The minimum absolute atomic E-state index is 0.540. The van der Waals surface area contributed by atoms with E-state index in [4.69, 9.17) is 5.73 Å². The Morgan fingerprint density at radius 1 is 1.24 bits per heavy atom. The second-order valence-electron chi connectivity index (χ2n) is 5.95. The molecule has 1 aliphatic heterocycles. The molecular weight excluding hydrogens is 260 g/mol. The topological polar surface area (TPSA) is 54.2 Å². The Morgan fingerprint density at radius 2 is 2.05 bits per heavy atom. The number of fused-ring (bicyclic) bond motifs is 1. The average Bonchev–Trinajstić information content (AvgIpc) is 2.55. The molecule has 1 unspecified atom stereocenters. The van der Waals surface area contributed by atoms with Crippen molar-refractivity contribution >= 4 is 22.1 Å². The van der Waals surface area contributed by atoms with Crippen molar-refractivity contribution in [2.75, 3.05) is 30.7 Å². The van der Waals surface area contributed by atoms with E-state index in [2.05, 4.69) is 34.3 Å². The van der Waals surface area contributed by atoms with Crippen molar-refractivity contribution < 1.29 is 0 Å². The summed E-state index contributed by atoms with van der Waals surface area (Å²) in [5.41, 5.74) is 8.13. The summed E-state index contributed by atoms with van der Waals surface area (Å²) < 4.78 is 0. The number of hydrogen-bond donors (Lipinski definition) is 2. The summed E-state index contributed by atoms with van der Waals surface area (Å²) in [6, 6.07) is 6.65. The van der Waals surface area contributed by atoms with Crippen LogP contribution in [0.4, 0.5) is 11.4 Å². The Kier molecular flexibility index (Phi) is 4.25. The fraction of sp³-hybridized carbons (Fsp3) is 0.471. The molecule has 1 atom stereocenters. The second-order valence-corrected chi connectivity index (χ2v) is 5.95. The van der Waals surface area contributed by atoms with Gasteiger partial charge in [0, 0.05) is 35.8 Å². The predicted molar refractivity (Wildman–Crippen MR) is 89.5 cm³/mol. The summed E-state index contributed by atoms with van der Waals surface area (Å²) in [4.78, 5) is 6.70. The van der Waals surface area contributed by atoms with Gasteiger partial charge in [-0.25, -0.2) is 0 Å². The zero-order valence-corrected chi connectivity index (χ0v) is 12.7. The number of piperidine rings is 1. The largest absolute Gasteiger partial charge is 0.397 e. The molecule has 4 heteroatoms. The summed E-state index contributed by atoms with van der Waals surface area (Å²) in [5, 5.41) is 5.67. The molecule has 0 radical (unpaired) electrons. The summed E-state index contributed by atoms with van der Waals surface area (Å²) in [6.45, 7) is 5.67. The number of likely N-dealkylation sites (tertiary alicyclic amines) is 1. The van der Waals surface area contributed by atoms with Gasteiger partial charge in [0.1, 0.15) is 0 Å². The third kappa shape index (κ3) is 3.10. The van der Waals surface area contributed by atoms with E-state index >= 15 is 0 Å². The number of anilines is 2. The van der Waals surface area contributed by atoms with Crippen molar-refractivity contribution in [1.29, 1.82) is 0 Å². The van der Waals surface area contributed by atoms with Gasteiger partial charge in [-0.1, -0.05) is 12.5 Å². The Labute approximate surface area is 126 Å². The van der Waals surface area contributed by atoms with Crippen molar-refractivity contribution in [3.05, 3.63) is 30.6 Å². The number of hydrogen-bond acceptors (Lipinski definition) is 4. The number of nitrogens with two attached hydrogens (primary N) is 1. The Balaban J connectivity index is 1.68. The molecule has 3 rings (SSSR count). The van der Waals surface area contributed by atoms with Crippen molar-refractivity contribution in [2.45, 2.75) is 32.2 Å². The summed E-state index contributed by atoms with van der Waals surface area (Å²) in [7, 11) is 0. The minimum Gasteiger partial charge on any atom is -0.397 e. The second kappa shape index (κ2) is 6.31. The summed E-state index contributed by atoms with van der Waals surface area (Å²) in [6.07, 6.45) is 7.68. The van der Waals surface area contributed by atoms with Gasteiger partial charge < -0.3 is 11.1 Å². The monoisotopic (exact) mass is 284 g/mol. The lowest BCUT2D eigenvalue weighted by Gasteiger charge is -2.32. The van der Waals surface area contributed by atoms with E-state index in [0.717, 1.165) is 28.7 Å². The molecule has 0 bridgehead atoms. The van der Waals surface area contributed by atoms with Gasteiger partial charge in [-0.2, -0.15) is 0 Å². The molecule has 0 saturated carbocycles. The first-order valence-electron chi connectivity index (χ1n) is 7.86. The first kappa shape index (κ1) is 14.1. The van der Waals surface area contributed by atoms with Crippen LogP contribution in [-0.4, -0.2) is 35.6 Å². The van der Waals surface area contributed by atoms with Crippen LogP contribution in [0.1, 0.15) is 26.2 Å². The van der Waals surface area contributed by atoms with Crippen molar-refractivity contribution in [3.63, 3.8) is 0 Å². The summed E-state index contributed by atoms with van der Waals surface area (Å²) in [5.74, 6) is 0. The third-order valence-corrected chi connectivity index (χ3v) is 4.46. The lowest BCUT2D eigenvalue weighted by atomic mass is 10.1. The van der Waals surface area contributed by atoms with Crippen LogP contribution in [0.25, 0.3) is 10.8 Å². The van der Waals surface area contributed by atoms with Gasteiger partial charge in [-0.05, 0) is 45.0 Å². The van der Waals surface area contributed by atoms with Gasteiger partial charge in [0.2, 0.25) is 0 Å². The molecule has 1 fully saturated rings. The molecule has 0 aliphatic carbocycles. The summed E-state index contributed by atoms with van der Waals surface area (Å²) >= 11 is 0. The Morgan fingerprint density at radius 3 is 2.86 bits per heavy atom. The zero-order valence-electron chi connectivity index (χ0n) is 12.7. The third-order valence-electron chi connectivity index (χ3n) is 4.46. The Bertz CT molecular complexity index is 605. The van der Waals surface area contributed by atoms with Gasteiger partial charge in [0.25, 0.3) is 0 Å². The van der Waals surface area contributed by atoms with Gasteiger partial charge in [-0.15, -0.1) is 0 Å². The van der Waals surface area contributed by atoms with Gasteiger partial charge in [-0.3, -0.25) is 9.88 Å². The van der Waals surface area contributed by atoms with E-state index in [-0.39, 0.29) is 0 Å². The lowest BCUT2D eigenvalue weighted by Crippen LogP contribution is -2.41. The van der Waals surface area contributed by atoms with Crippen LogP contribution < -0.4 is 11.1 Å². The molecule has 1 aliphatic rings. The van der Waals surface area contributed by atoms with E-state index in [1.165, 1.54) is 32.4 Å². The molecule has 21 heavy (non-hydrogen) atoms. The van der Waals surface area contributed by atoms with E-state index in [1.807, 2.05) is 12.3 Å². The van der Waals surface area contributed by atoms with Crippen LogP contribution >= 0.6 is 0 Å². The van der Waals surface area contributed by atoms with E-state index < -0.39 is 0 Å². The van der Waals surface area contributed by atoms with Crippen LogP contribution in [0.15, 0.2) is 30.6 Å². The van der Waals surface area contributed by atoms with Crippen LogP contribution in [0, 0.1) is 0 Å².